The van der Waals surface area contributed by atoms with Gasteiger partial charge in [0.05, 0.1) is 18.6 Å². The molecule has 23 heavy (non-hydrogen) atoms. The Morgan fingerprint density at radius 3 is 2.91 bits per heavy atom. The van der Waals surface area contributed by atoms with Crippen LogP contribution in [0.25, 0.3) is 5.69 Å². The van der Waals surface area contributed by atoms with Gasteiger partial charge >= 0.3 is 0 Å². The Balaban J connectivity index is 1.65. The van der Waals surface area contributed by atoms with E-state index in [1.54, 1.807) is 6.20 Å². The first-order chi connectivity index (χ1) is 11.2. The lowest BCUT2D eigenvalue weighted by atomic mass is 9.92. The van der Waals surface area contributed by atoms with Gasteiger partial charge in [-0.2, -0.15) is 0 Å². The number of amides is 1. The van der Waals surface area contributed by atoms with E-state index in [-0.39, 0.29) is 17.9 Å². The van der Waals surface area contributed by atoms with Gasteiger partial charge in [-0.3, -0.25) is 4.79 Å². The summed E-state index contributed by atoms with van der Waals surface area (Å²) < 4.78 is 7.69. The van der Waals surface area contributed by atoms with Gasteiger partial charge < -0.3 is 14.6 Å². The smallest absolute Gasteiger partial charge is 0.226 e. The number of nitrogens with zero attached hydrogens (tertiary/aromatic N) is 2. The van der Waals surface area contributed by atoms with Crippen molar-refractivity contribution in [2.75, 3.05) is 6.61 Å². The third-order valence-electron chi connectivity index (χ3n) is 4.30. The zero-order chi connectivity index (χ0) is 16.2. The van der Waals surface area contributed by atoms with Gasteiger partial charge in [0.1, 0.15) is 5.82 Å². The fraction of sp³-hybridized carbons (Fsp3) is 0.444. The number of imidazole rings is 1. The van der Waals surface area contributed by atoms with Gasteiger partial charge in [0.25, 0.3) is 0 Å². The Labute approximate surface area is 136 Å². The van der Waals surface area contributed by atoms with E-state index in [2.05, 4.69) is 24.1 Å². The van der Waals surface area contributed by atoms with E-state index >= 15 is 0 Å². The SMILES string of the molecule is CC(C)[C@@H]1OCC[C@H]1C(=O)NCc1nccn1-c1ccccc1. The van der Waals surface area contributed by atoms with Gasteiger partial charge in [-0.05, 0) is 24.5 Å². The molecular formula is C18H23N3O2. The molecule has 1 N–H and O–H groups in total. The molecule has 1 amide bonds. The highest BCUT2D eigenvalue weighted by molar-refractivity contribution is 5.79. The van der Waals surface area contributed by atoms with E-state index in [4.69, 9.17) is 4.74 Å². The number of rotatable bonds is 5. The lowest BCUT2D eigenvalue weighted by Crippen LogP contribution is -2.37. The molecule has 1 saturated heterocycles. The Morgan fingerprint density at radius 2 is 2.17 bits per heavy atom. The Hall–Kier alpha value is -2.14. The molecule has 2 heterocycles. The number of ether oxygens (including phenoxy) is 1. The third kappa shape index (κ3) is 3.45. The number of para-hydroxylation sites is 1. The van der Waals surface area contributed by atoms with E-state index < -0.39 is 0 Å². The summed E-state index contributed by atoms with van der Waals surface area (Å²) in [4.78, 5) is 16.8. The second-order valence-electron chi connectivity index (χ2n) is 6.24. The predicted octanol–water partition coefficient (Wildman–Crippen LogP) is 2.55. The van der Waals surface area contributed by atoms with Gasteiger partial charge in [0.2, 0.25) is 5.91 Å². The average molecular weight is 313 g/mol. The molecule has 0 unspecified atom stereocenters. The lowest BCUT2D eigenvalue weighted by Gasteiger charge is -2.21. The average Bonchev–Trinajstić information content (AvgIpc) is 3.22. The highest BCUT2D eigenvalue weighted by Gasteiger charge is 2.35. The first-order valence-electron chi connectivity index (χ1n) is 8.14. The number of benzene rings is 1. The highest BCUT2D eigenvalue weighted by atomic mass is 16.5. The number of carbonyl (C=O) groups excluding carboxylic acids is 1. The van der Waals surface area contributed by atoms with Crippen molar-refractivity contribution in [2.45, 2.75) is 32.9 Å². The standard InChI is InChI=1S/C18H23N3O2/c1-13(2)17-15(8-11-23-17)18(22)20-12-16-19-9-10-21(16)14-6-4-3-5-7-14/h3-7,9-10,13,15,17H,8,11-12H2,1-2H3,(H,20,22)/t15-,17+/m1/s1. The third-order valence-corrected chi connectivity index (χ3v) is 4.30. The summed E-state index contributed by atoms with van der Waals surface area (Å²) in [5.41, 5.74) is 1.04. The van der Waals surface area contributed by atoms with Crippen molar-refractivity contribution < 1.29 is 9.53 Å². The van der Waals surface area contributed by atoms with E-state index in [1.807, 2.05) is 41.1 Å². The summed E-state index contributed by atoms with van der Waals surface area (Å²) in [5.74, 6) is 1.17. The molecule has 2 atom stereocenters. The first kappa shape index (κ1) is 15.7. The summed E-state index contributed by atoms with van der Waals surface area (Å²) >= 11 is 0. The van der Waals surface area contributed by atoms with Crippen LogP contribution in [0.5, 0.6) is 0 Å². The minimum Gasteiger partial charge on any atom is -0.377 e. The van der Waals surface area contributed by atoms with Crippen LogP contribution in [-0.4, -0.2) is 28.2 Å². The van der Waals surface area contributed by atoms with Crippen molar-refractivity contribution in [1.82, 2.24) is 14.9 Å². The van der Waals surface area contributed by atoms with Crippen molar-refractivity contribution in [1.29, 1.82) is 0 Å². The minimum absolute atomic E-state index is 0.0175. The monoisotopic (exact) mass is 313 g/mol. The Kier molecular flexibility index (Phi) is 4.76. The zero-order valence-corrected chi connectivity index (χ0v) is 13.6. The molecule has 3 rings (SSSR count). The van der Waals surface area contributed by atoms with Crippen molar-refractivity contribution >= 4 is 5.91 Å². The Bertz CT molecular complexity index is 651. The fourth-order valence-corrected chi connectivity index (χ4v) is 3.13. The van der Waals surface area contributed by atoms with Crippen LogP contribution in [0.1, 0.15) is 26.1 Å². The molecule has 122 valence electrons. The van der Waals surface area contributed by atoms with Crippen LogP contribution in [0, 0.1) is 11.8 Å². The molecule has 0 spiro atoms. The highest BCUT2D eigenvalue weighted by Crippen LogP contribution is 2.27. The van der Waals surface area contributed by atoms with E-state index in [9.17, 15) is 4.79 Å². The van der Waals surface area contributed by atoms with Crippen LogP contribution < -0.4 is 5.32 Å². The lowest BCUT2D eigenvalue weighted by molar-refractivity contribution is -0.127. The van der Waals surface area contributed by atoms with Crippen molar-refractivity contribution in [2.24, 2.45) is 11.8 Å². The maximum absolute atomic E-state index is 12.5. The molecule has 2 aromatic rings. The molecule has 1 fully saturated rings. The first-order valence-corrected chi connectivity index (χ1v) is 8.14. The van der Waals surface area contributed by atoms with Gasteiger partial charge in [-0.15, -0.1) is 0 Å². The van der Waals surface area contributed by atoms with E-state index in [0.29, 0.717) is 19.1 Å². The van der Waals surface area contributed by atoms with Crippen LogP contribution in [-0.2, 0) is 16.1 Å². The van der Waals surface area contributed by atoms with Gasteiger partial charge in [-0.25, -0.2) is 4.98 Å². The van der Waals surface area contributed by atoms with Crippen LogP contribution >= 0.6 is 0 Å². The molecule has 0 radical (unpaired) electrons. The largest absolute Gasteiger partial charge is 0.377 e. The summed E-state index contributed by atoms with van der Waals surface area (Å²) in [6.07, 6.45) is 4.47. The summed E-state index contributed by atoms with van der Waals surface area (Å²) in [6.45, 7) is 5.28. The molecule has 5 nitrogen and oxygen atoms in total. The summed E-state index contributed by atoms with van der Waals surface area (Å²) in [7, 11) is 0. The topological polar surface area (TPSA) is 56.1 Å². The number of aromatic nitrogens is 2. The van der Waals surface area contributed by atoms with Crippen LogP contribution in [0.2, 0.25) is 0 Å². The molecule has 1 aliphatic heterocycles. The second-order valence-corrected chi connectivity index (χ2v) is 6.24. The quantitative estimate of drug-likeness (QED) is 0.923. The predicted molar refractivity (Wildman–Crippen MR) is 88.1 cm³/mol. The second kappa shape index (κ2) is 6.96. The van der Waals surface area contributed by atoms with Crippen LogP contribution in [0.15, 0.2) is 42.7 Å². The number of nitrogens with one attached hydrogen (secondary N) is 1. The van der Waals surface area contributed by atoms with Crippen molar-refractivity contribution in [3.05, 3.63) is 48.5 Å². The minimum atomic E-state index is -0.0601. The summed E-state index contributed by atoms with van der Waals surface area (Å²) in [5, 5.41) is 3.02. The normalized spacial score (nSPS) is 20.8. The summed E-state index contributed by atoms with van der Waals surface area (Å²) in [6, 6.07) is 9.99. The van der Waals surface area contributed by atoms with E-state index in [0.717, 1.165) is 17.9 Å². The maximum Gasteiger partial charge on any atom is 0.226 e. The number of carbonyl (C=O) groups is 1. The van der Waals surface area contributed by atoms with Crippen LogP contribution in [0.3, 0.4) is 0 Å². The molecule has 1 aromatic carbocycles. The fourth-order valence-electron chi connectivity index (χ4n) is 3.13. The van der Waals surface area contributed by atoms with Gasteiger partial charge in [0, 0.05) is 24.7 Å². The molecule has 0 bridgehead atoms. The van der Waals surface area contributed by atoms with Crippen molar-refractivity contribution in [3.8, 4) is 5.69 Å². The molecular weight excluding hydrogens is 290 g/mol. The number of hydrogen-bond acceptors (Lipinski definition) is 3. The molecule has 5 heteroatoms. The van der Waals surface area contributed by atoms with Crippen LogP contribution in [0.4, 0.5) is 0 Å². The molecule has 0 aliphatic carbocycles. The van der Waals surface area contributed by atoms with Crippen molar-refractivity contribution in [3.63, 3.8) is 0 Å². The molecule has 0 saturated carbocycles. The number of hydrogen-bond donors (Lipinski definition) is 1. The Morgan fingerprint density at radius 1 is 1.39 bits per heavy atom. The maximum atomic E-state index is 12.5. The zero-order valence-electron chi connectivity index (χ0n) is 13.6. The van der Waals surface area contributed by atoms with E-state index in [1.165, 1.54) is 0 Å². The van der Waals surface area contributed by atoms with Gasteiger partial charge in [0.15, 0.2) is 0 Å². The molecule has 1 aromatic heterocycles. The molecule has 1 aliphatic rings. The van der Waals surface area contributed by atoms with Gasteiger partial charge in [-0.1, -0.05) is 32.0 Å².